The minimum absolute atomic E-state index is 0.0607. The van der Waals surface area contributed by atoms with Gasteiger partial charge in [0.25, 0.3) is 0 Å². The fourth-order valence-corrected chi connectivity index (χ4v) is 4.78. The molecule has 1 aliphatic rings. The summed E-state index contributed by atoms with van der Waals surface area (Å²) in [6, 6.07) is 0. The van der Waals surface area contributed by atoms with Gasteiger partial charge in [0.15, 0.2) is 0 Å². The van der Waals surface area contributed by atoms with Crippen LogP contribution in [0.15, 0.2) is 9.31 Å². The van der Waals surface area contributed by atoms with E-state index in [-0.39, 0.29) is 28.5 Å². The fourth-order valence-electron chi connectivity index (χ4n) is 3.25. The highest BCUT2D eigenvalue weighted by molar-refractivity contribution is 7.89. The molecule has 0 radical (unpaired) electrons. The van der Waals surface area contributed by atoms with Crippen LogP contribution in [0.25, 0.3) is 0 Å². The Morgan fingerprint density at radius 1 is 1.21 bits per heavy atom. The van der Waals surface area contributed by atoms with E-state index in [2.05, 4.69) is 9.46 Å². The number of aryl methyl sites for hydroxylation is 2. The maximum Gasteiger partial charge on any atom is 0.342 e. The lowest BCUT2D eigenvalue weighted by Crippen LogP contribution is -2.49. The number of nitrogens with one attached hydrogen (secondary N) is 1. The van der Waals surface area contributed by atoms with E-state index in [4.69, 9.17) is 10.2 Å². The molecule has 0 bridgehead atoms. The van der Waals surface area contributed by atoms with E-state index >= 15 is 0 Å². The molecule has 1 aromatic heterocycles. The van der Waals surface area contributed by atoms with Crippen molar-refractivity contribution in [1.29, 1.82) is 0 Å². The Hall–Kier alpha value is -1.38. The predicted octanol–water partition coefficient (Wildman–Crippen LogP) is 2.01. The summed E-state index contributed by atoms with van der Waals surface area (Å²) in [6.07, 6.45) is 5.80. The molecule has 0 spiro atoms. The zero-order valence-electron chi connectivity index (χ0n) is 14.5. The second kappa shape index (κ2) is 7.25. The summed E-state index contributed by atoms with van der Waals surface area (Å²) in [6.45, 7) is 3.19. The molecule has 1 heterocycles. The first kappa shape index (κ1) is 19.0. The van der Waals surface area contributed by atoms with Crippen molar-refractivity contribution in [3.63, 3.8) is 0 Å². The number of carbonyl (C=O) groups is 1. The number of ether oxygens (including phenoxy) is 1. The molecule has 1 saturated carbocycles. The molecule has 1 fully saturated rings. The van der Waals surface area contributed by atoms with Gasteiger partial charge in [0, 0.05) is 12.1 Å². The molecule has 0 aliphatic heterocycles. The summed E-state index contributed by atoms with van der Waals surface area (Å²) in [7, 11) is -2.73. The zero-order valence-corrected chi connectivity index (χ0v) is 15.3. The number of furan rings is 1. The molecule has 24 heavy (non-hydrogen) atoms. The highest BCUT2D eigenvalue weighted by Gasteiger charge is 2.34. The minimum atomic E-state index is -3.93. The quantitative estimate of drug-likeness (QED) is 0.615. The zero-order chi connectivity index (χ0) is 18.0. The molecular weight excluding hydrogens is 332 g/mol. The summed E-state index contributed by atoms with van der Waals surface area (Å²) in [5.74, 6) is -0.356. The van der Waals surface area contributed by atoms with Gasteiger partial charge in [-0.1, -0.05) is 25.7 Å². The maximum atomic E-state index is 12.7. The van der Waals surface area contributed by atoms with Crippen LogP contribution in [0, 0.1) is 13.8 Å². The molecule has 1 aromatic rings. The van der Waals surface area contributed by atoms with Gasteiger partial charge in [-0.15, -0.1) is 0 Å². The van der Waals surface area contributed by atoms with Crippen LogP contribution < -0.4 is 10.5 Å². The van der Waals surface area contributed by atoms with E-state index in [0.29, 0.717) is 0 Å². The highest BCUT2D eigenvalue weighted by Crippen LogP contribution is 2.28. The van der Waals surface area contributed by atoms with E-state index < -0.39 is 21.5 Å². The van der Waals surface area contributed by atoms with Gasteiger partial charge in [-0.2, -0.15) is 0 Å². The Balaban J connectivity index is 2.26. The topological polar surface area (TPSA) is 112 Å². The van der Waals surface area contributed by atoms with Crippen molar-refractivity contribution in [2.24, 2.45) is 5.73 Å². The van der Waals surface area contributed by atoms with Crippen LogP contribution in [0.1, 0.15) is 60.4 Å². The number of hydrogen-bond acceptors (Lipinski definition) is 6. The van der Waals surface area contributed by atoms with Crippen molar-refractivity contribution in [3.05, 3.63) is 17.1 Å². The van der Waals surface area contributed by atoms with Crippen LogP contribution in [0.5, 0.6) is 0 Å². The number of rotatable bonds is 5. The lowest BCUT2D eigenvalue weighted by molar-refractivity contribution is 0.0595. The van der Waals surface area contributed by atoms with Gasteiger partial charge in [0.2, 0.25) is 10.0 Å². The maximum absolute atomic E-state index is 12.7. The van der Waals surface area contributed by atoms with Crippen molar-refractivity contribution in [2.75, 3.05) is 13.7 Å². The lowest BCUT2D eigenvalue weighted by Gasteiger charge is -2.28. The Bertz CT molecular complexity index is 700. The van der Waals surface area contributed by atoms with Gasteiger partial charge < -0.3 is 14.9 Å². The SMILES string of the molecule is COC(=O)c1c(C)oc(C)c1S(=O)(=O)NCC1(N)CCCCCC1. The van der Waals surface area contributed by atoms with E-state index in [1.807, 2.05) is 0 Å². The molecule has 0 unspecified atom stereocenters. The Morgan fingerprint density at radius 3 is 2.33 bits per heavy atom. The van der Waals surface area contributed by atoms with Crippen LogP contribution in [-0.2, 0) is 14.8 Å². The van der Waals surface area contributed by atoms with Gasteiger partial charge in [0.05, 0.1) is 7.11 Å². The smallest absolute Gasteiger partial charge is 0.342 e. The van der Waals surface area contributed by atoms with Crippen molar-refractivity contribution in [3.8, 4) is 0 Å². The van der Waals surface area contributed by atoms with Gasteiger partial charge in [-0.25, -0.2) is 17.9 Å². The molecule has 1 aliphatic carbocycles. The minimum Gasteiger partial charge on any atom is -0.465 e. The van der Waals surface area contributed by atoms with Crippen LogP contribution in [0.3, 0.4) is 0 Å². The van der Waals surface area contributed by atoms with Crippen LogP contribution in [-0.4, -0.2) is 33.6 Å². The number of nitrogens with two attached hydrogens (primary N) is 1. The molecule has 0 saturated heterocycles. The number of esters is 1. The highest BCUT2D eigenvalue weighted by atomic mass is 32.2. The van der Waals surface area contributed by atoms with Crippen molar-refractivity contribution in [1.82, 2.24) is 4.72 Å². The molecule has 0 aromatic carbocycles. The van der Waals surface area contributed by atoms with Crippen molar-refractivity contribution in [2.45, 2.75) is 62.8 Å². The predicted molar refractivity (Wildman–Crippen MR) is 89.3 cm³/mol. The molecule has 7 nitrogen and oxygen atoms in total. The average Bonchev–Trinajstić information content (AvgIpc) is 2.69. The molecule has 8 heteroatoms. The fraction of sp³-hybridized carbons (Fsp3) is 0.688. The van der Waals surface area contributed by atoms with E-state index in [0.717, 1.165) is 38.5 Å². The molecule has 2 rings (SSSR count). The summed E-state index contributed by atoms with van der Waals surface area (Å²) in [5.41, 5.74) is 5.76. The van der Waals surface area contributed by atoms with Crippen LogP contribution >= 0.6 is 0 Å². The van der Waals surface area contributed by atoms with Crippen molar-refractivity contribution < 1.29 is 22.4 Å². The normalized spacial score (nSPS) is 18.2. The Labute approximate surface area is 143 Å². The van der Waals surface area contributed by atoms with Crippen LogP contribution in [0.4, 0.5) is 0 Å². The number of carbonyl (C=O) groups excluding carboxylic acids is 1. The summed E-state index contributed by atoms with van der Waals surface area (Å²) >= 11 is 0. The number of sulfonamides is 1. The largest absolute Gasteiger partial charge is 0.465 e. The number of hydrogen-bond donors (Lipinski definition) is 2. The second-order valence-corrected chi connectivity index (χ2v) is 8.22. The van der Waals surface area contributed by atoms with Gasteiger partial charge in [0.1, 0.15) is 22.0 Å². The van der Waals surface area contributed by atoms with E-state index in [1.165, 1.54) is 21.0 Å². The van der Waals surface area contributed by atoms with Gasteiger partial charge in [-0.05, 0) is 26.7 Å². The molecule has 3 N–H and O–H groups in total. The third kappa shape index (κ3) is 3.99. The molecular formula is C16H26N2O5S. The lowest BCUT2D eigenvalue weighted by atomic mass is 9.92. The molecule has 0 atom stereocenters. The van der Waals surface area contributed by atoms with Gasteiger partial charge >= 0.3 is 5.97 Å². The third-order valence-electron chi connectivity index (χ3n) is 4.58. The third-order valence-corrected chi connectivity index (χ3v) is 6.13. The first-order chi connectivity index (χ1) is 11.2. The molecule has 0 amide bonds. The second-order valence-electron chi connectivity index (χ2n) is 6.51. The monoisotopic (exact) mass is 358 g/mol. The standard InChI is InChI=1S/C16H26N2O5S/c1-11-13(15(19)22-3)14(12(2)23-11)24(20,21)18-10-16(17)8-6-4-5-7-9-16/h18H,4-10,17H2,1-3H3. The van der Waals surface area contributed by atoms with Gasteiger partial charge in [-0.3, -0.25) is 0 Å². The Kier molecular flexibility index (Phi) is 5.72. The molecule has 136 valence electrons. The van der Waals surface area contributed by atoms with E-state index in [9.17, 15) is 13.2 Å². The van der Waals surface area contributed by atoms with Crippen LogP contribution in [0.2, 0.25) is 0 Å². The number of methoxy groups -OCH3 is 1. The summed E-state index contributed by atoms with van der Waals surface area (Å²) in [4.78, 5) is 11.8. The summed E-state index contributed by atoms with van der Waals surface area (Å²) in [5, 5.41) is 0. The first-order valence-corrected chi connectivity index (χ1v) is 9.65. The Morgan fingerprint density at radius 2 is 1.79 bits per heavy atom. The summed E-state index contributed by atoms with van der Waals surface area (Å²) < 4.78 is 38.1. The van der Waals surface area contributed by atoms with E-state index in [1.54, 1.807) is 0 Å². The first-order valence-electron chi connectivity index (χ1n) is 8.17. The van der Waals surface area contributed by atoms with Crippen molar-refractivity contribution >= 4 is 16.0 Å². The average molecular weight is 358 g/mol.